The Morgan fingerprint density at radius 2 is 0.577 bits per heavy atom. The van der Waals surface area contributed by atoms with Crippen LogP contribution in [0.3, 0.4) is 0 Å². The Hall–Kier alpha value is -10.5. The van der Waals surface area contributed by atoms with Crippen molar-refractivity contribution in [2.24, 2.45) is 0 Å². The van der Waals surface area contributed by atoms with Gasteiger partial charge in [-0.15, -0.1) is 0 Å². The van der Waals surface area contributed by atoms with Crippen LogP contribution in [0.25, 0.3) is 55.6 Å². The number of benzene rings is 13. The predicted molar refractivity (Wildman–Crippen MR) is 446 cm³/mol. The lowest BCUT2D eigenvalue weighted by Crippen LogP contribution is -2.34. The molecule has 0 amide bonds. The molecule has 0 unspecified atom stereocenters. The van der Waals surface area contributed by atoms with Gasteiger partial charge in [0.25, 0.3) is 0 Å². The van der Waals surface area contributed by atoms with Crippen molar-refractivity contribution >= 4 is 57.7 Å². The molecule has 0 aliphatic heterocycles. The lowest BCUT2D eigenvalue weighted by molar-refractivity contribution is 0.425. The van der Waals surface area contributed by atoms with Gasteiger partial charge in [-0.05, 0) is 204 Å². The zero-order chi connectivity index (χ0) is 69.8. The molecule has 508 valence electrons. The molecule has 0 saturated heterocycles. The van der Waals surface area contributed by atoms with Crippen molar-refractivity contribution in [3.63, 3.8) is 0 Å². The molecule has 18 rings (SSSR count). The normalized spacial score (nSPS) is 12.9. The molecule has 0 radical (unpaired) electrons. The summed E-state index contributed by atoms with van der Waals surface area (Å²) in [6.45, 7) is 6.76. The lowest BCUT2D eigenvalue weighted by Gasteiger charge is -2.34. The first-order valence-electron chi connectivity index (χ1n) is 34.4. The minimum Gasteiger partial charge on any atom is -0.423 e. The molecule has 104 heavy (non-hydrogen) atoms. The third-order valence-corrected chi connectivity index (χ3v) is 22.7. The summed E-state index contributed by atoms with van der Waals surface area (Å²) in [4.78, 5) is 8.78. The molecule has 2 N–H and O–H groups in total. The fourth-order valence-corrected chi connectivity index (χ4v) is 18.3. The molecule has 3 aliphatic carbocycles. The molecule has 2 heterocycles. The van der Waals surface area contributed by atoms with Crippen LogP contribution in [0.4, 0.5) is 0 Å². The first-order valence-corrected chi connectivity index (χ1v) is 38.2. The number of nitrogens with zero attached hydrogens (tertiary/aromatic N) is 2. The molecular weight excluding hydrogens is 1410 g/mol. The molecule has 0 bridgehead atoms. The third-order valence-electron chi connectivity index (χ3n) is 20.4. The van der Waals surface area contributed by atoms with Gasteiger partial charge in [0.05, 0.1) is 16.2 Å². The van der Waals surface area contributed by atoms with Crippen LogP contribution in [0.5, 0.6) is 0 Å². The van der Waals surface area contributed by atoms with Crippen molar-refractivity contribution in [3.8, 4) is 55.6 Å². The van der Waals surface area contributed by atoms with Crippen molar-refractivity contribution in [3.05, 3.63) is 452 Å². The van der Waals surface area contributed by atoms with E-state index in [-0.39, 0.29) is 22.8 Å². The zero-order valence-electron chi connectivity index (χ0n) is 56.8. The highest BCUT2D eigenvalue weighted by atomic mass is 79.9. The van der Waals surface area contributed by atoms with Crippen LogP contribution in [0, 0.1) is 6.92 Å². The molecule has 15 aromatic rings. The summed E-state index contributed by atoms with van der Waals surface area (Å²) in [5.74, 6) is 0. The van der Waals surface area contributed by atoms with Gasteiger partial charge in [0.15, 0.2) is 0 Å². The Bertz CT molecular complexity index is 5160. The average molecular weight is 1500 g/mol. The van der Waals surface area contributed by atoms with E-state index in [0.29, 0.717) is 5.46 Å². The number of fused-ring (bicyclic) bond motifs is 9. The molecule has 13 aromatic carbocycles. The maximum Gasteiger partial charge on any atom is 0.488 e. The van der Waals surface area contributed by atoms with Crippen molar-refractivity contribution in [2.45, 2.75) is 38.0 Å². The Morgan fingerprint density at radius 3 is 0.885 bits per heavy atom. The fourth-order valence-electron chi connectivity index (χ4n) is 16.1. The van der Waals surface area contributed by atoms with Crippen LogP contribution in [-0.4, -0.2) is 40.5 Å². The van der Waals surface area contributed by atoms with E-state index in [2.05, 4.69) is 373 Å². The Kier molecular flexibility index (Phi) is 21.6. The van der Waals surface area contributed by atoms with Crippen LogP contribution >= 0.6 is 39.8 Å². The van der Waals surface area contributed by atoms with Gasteiger partial charge in [-0.25, -0.2) is 0 Å². The van der Waals surface area contributed by atoms with Gasteiger partial charge in [0.1, 0.15) is 0 Å². The Balaban J connectivity index is 0.000000165. The monoisotopic (exact) mass is 1490 g/mol. The van der Waals surface area contributed by atoms with Crippen LogP contribution < -0.4 is 10.8 Å². The summed E-state index contributed by atoms with van der Waals surface area (Å²) in [6.07, 6.45) is 7.50. The van der Waals surface area contributed by atoms with Crippen LogP contribution in [0.1, 0.15) is 87.2 Å². The molecule has 0 saturated carbocycles. The molecule has 2 aromatic heterocycles. The summed E-state index contributed by atoms with van der Waals surface area (Å²) >= 11 is 6.54. The highest BCUT2D eigenvalue weighted by Crippen LogP contribution is 2.59. The Labute approximate surface area is 631 Å². The number of hydrogen-bond acceptors (Lipinski definition) is 4. The molecule has 3 aliphatic rings. The summed E-state index contributed by atoms with van der Waals surface area (Å²) in [6, 6.07) is 124. The topological polar surface area (TPSA) is 66.2 Å². The highest BCUT2D eigenvalue weighted by molar-refractivity contribution is 9.11. The van der Waals surface area contributed by atoms with Gasteiger partial charge < -0.3 is 10.0 Å². The molecule has 0 fully saturated rings. The van der Waals surface area contributed by atoms with E-state index in [0.717, 1.165) is 42.3 Å². The van der Waals surface area contributed by atoms with Gasteiger partial charge in [-0.3, -0.25) is 9.97 Å². The number of pyridine rings is 2. The van der Waals surface area contributed by atoms with Gasteiger partial charge in [-0.2, -0.15) is 0 Å². The van der Waals surface area contributed by atoms with Crippen molar-refractivity contribution < 1.29 is 10.0 Å². The van der Waals surface area contributed by atoms with Gasteiger partial charge in [0.2, 0.25) is 0 Å². The number of hydrogen-bond donors (Lipinski definition) is 2. The average Bonchev–Trinajstić information content (AvgIpc) is 1.54. The van der Waals surface area contributed by atoms with E-state index in [1.807, 2.05) is 36.7 Å². The lowest BCUT2D eigenvalue weighted by atomic mass is 9.66. The largest absolute Gasteiger partial charge is 0.488 e. The van der Waals surface area contributed by atoms with Gasteiger partial charge in [0, 0.05) is 44.9 Å². The summed E-state index contributed by atoms with van der Waals surface area (Å²) < 4.78 is 1.98. The maximum atomic E-state index is 9.79. The first-order chi connectivity index (χ1) is 50.0. The summed E-state index contributed by atoms with van der Waals surface area (Å²) in [5, 5.41) is 21.1. The Morgan fingerprint density at radius 1 is 0.288 bits per heavy atom. The number of rotatable bonds is 10. The standard InChI is InChI=1S/C55H37N.C25H19BO2.C9H13P.C5H3Br2N.2CH4/c1-3-19-42(20-4-1)54(50-29-11-7-25-46(50)47-26-8-12-30-51(47)54)44-23-15-17-38(34-44)40-33-41(37-56-36-40)39-18-16-24-45(35-39)55(43-21-5-2-6-22-43)52-31-13-9-27-48(52)49-28-10-14-32-53(49)55;27-26(28)20-12-8-11-19(17-20)25(18-9-2-1-3-10-18)23-15-6-4-13-21(23)22-14-5-7-16-24(22)25;1-8-6-4-5-7-9(8)10(2)3;6-4-1-5(7)3-8-2-4;;/h1-37H;1-17,27-28H;4-7H,1-3H3;1-3H;2*1H4. The van der Waals surface area contributed by atoms with Crippen molar-refractivity contribution in [1.29, 1.82) is 0 Å². The van der Waals surface area contributed by atoms with Crippen molar-refractivity contribution in [2.75, 3.05) is 13.3 Å². The smallest absolute Gasteiger partial charge is 0.423 e. The van der Waals surface area contributed by atoms with E-state index in [1.54, 1.807) is 18.5 Å². The maximum absolute atomic E-state index is 9.79. The minimum atomic E-state index is -1.50. The quantitative estimate of drug-likeness (QED) is 0.106. The van der Waals surface area contributed by atoms with Crippen LogP contribution in [0.2, 0.25) is 0 Å². The van der Waals surface area contributed by atoms with E-state index in [9.17, 15) is 10.0 Å². The highest BCUT2D eigenvalue weighted by Gasteiger charge is 2.49. The second-order valence-corrected chi connectivity index (χ2v) is 30.3. The first kappa shape index (κ1) is 71.9. The second kappa shape index (κ2) is 31.2. The van der Waals surface area contributed by atoms with Crippen molar-refractivity contribution in [1.82, 2.24) is 9.97 Å². The van der Waals surface area contributed by atoms with Gasteiger partial charge in [-0.1, -0.05) is 344 Å². The van der Waals surface area contributed by atoms with E-state index >= 15 is 0 Å². The third kappa shape index (κ3) is 13.0. The molecule has 8 heteroatoms. The molecular formula is C96H80BBr2N2O2P. The SMILES string of the molecule is Brc1cncc(Br)c1.C.C.Cc1ccccc1P(C)C.OB(O)c1cccc(C2(c3ccccc3)c3ccccc3-c3ccccc32)c1.c1ccc(C2(c3cccc(-c4cncc(-c5cccc(C6(c7ccccc7)c7ccccc7-c7ccccc76)c5)c4)c3)c3ccccc3-c3ccccc32)cc1. The van der Waals surface area contributed by atoms with E-state index in [1.165, 1.54) is 99.9 Å². The number of aromatic nitrogens is 2. The molecule has 0 spiro atoms. The van der Waals surface area contributed by atoms with E-state index in [4.69, 9.17) is 4.98 Å². The fraction of sp³-hybridized carbons (Fsp3) is 0.0833. The summed E-state index contributed by atoms with van der Waals surface area (Å²) in [5.41, 5.74) is 27.5. The van der Waals surface area contributed by atoms with E-state index < -0.39 is 23.4 Å². The number of halogens is 2. The molecule has 4 nitrogen and oxygen atoms in total. The van der Waals surface area contributed by atoms with Crippen LogP contribution in [-0.2, 0) is 16.2 Å². The summed E-state index contributed by atoms with van der Waals surface area (Å²) in [7, 11) is -1.42. The minimum absolute atomic E-state index is 0. The molecule has 0 atom stereocenters. The zero-order valence-corrected chi connectivity index (χ0v) is 60.9. The van der Waals surface area contributed by atoms with Crippen LogP contribution in [0.15, 0.2) is 380 Å². The second-order valence-electron chi connectivity index (χ2n) is 26.2. The predicted octanol–water partition coefficient (Wildman–Crippen LogP) is 23.1. The van der Waals surface area contributed by atoms with Gasteiger partial charge >= 0.3 is 7.12 Å². The number of aryl methyl sites for hydroxylation is 1.